The lowest BCUT2D eigenvalue weighted by atomic mass is 10.1. The van der Waals surface area contributed by atoms with E-state index < -0.39 is 0 Å². The predicted octanol–water partition coefficient (Wildman–Crippen LogP) is 3.50. The number of methoxy groups -OCH3 is 1. The first-order valence-corrected chi connectivity index (χ1v) is 9.28. The Morgan fingerprint density at radius 2 is 1.89 bits per heavy atom. The molecule has 1 N–H and O–H groups in total. The monoisotopic (exact) mass is 374 g/mol. The SMILES string of the molecule is COc1ccccc1CNC(=O)c1ccc(N2c3ccccc3CC2C)nn1. The molecule has 0 aliphatic carbocycles. The van der Waals surface area contributed by atoms with E-state index in [2.05, 4.69) is 45.5 Å². The topological polar surface area (TPSA) is 67.3 Å². The van der Waals surface area contributed by atoms with Crippen molar-refractivity contribution >= 4 is 17.4 Å². The molecule has 28 heavy (non-hydrogen) atoms. The van der Waals surface area contributed by atoms with Crippen LogP contribution < -0.4 is 15.0 Å². The van der Waals surface area contributed by atoms with Crippen molar-refractivity contribution in [1.82, 2.24) is 15.5 Å². The number of para-hydroxylation sites is 2. The van der Waals surface area contributed by atoms with Gasteiger partial charge < -0.3 is 15.0 Å². The maximum Gasteiger partial charge on any atom is 0.272 e. The highest BCUT2D eigenvalue weighted by Gasteiger charge is 2.28. The van der Waals surface area contributed by atoms with Crippen molar-refractivity contribution < 1.29 is 9.53 Å². The molecular formula is C22H22N4O2. The maximum absolute atomic E-state index is 12.4. The van der Waals surface area contributed by atoms with Crippen LogP contribution in [0.4, 0.5) is 11.5 Å². The fourth-order valence-electron chi connectivity index (χ4n) is 3.60. The fraction of sp³-hybridized carbons (Fsp3) is 0.227. The second-order valence-corrected chi connectivity index (χ2v) is 6.82. The number of carbonyl (C=O) groups is 1. The number of benzene rings is 2. The maximum atomic E-state index is 12.4. The molecule has 2 aromatic carbocycles. The molecule has 1 amide bonds. The summed E-state index contributed by atoms with van der Waals surface area (Å²) in [7, 11) is 1.61. The molecule has 0 saturated carbocycles. The molecule has 1 unspecified atom stereocenters. The van der Waals surface area contributed by atoms with Crippen LogP contribution in [0.25, 0.3) is 0 Å². The number of ether oxygens (including phenoxy) is 1. The van der Waals surface area contributed by atoms with Crippen molar-refractivity contribution in [2.45, 2.75) is 25.9 Å². The molecule has 6 nitrogen and oxygen atoms in total. The van der Waals surface area contributed by atoms with Gasteiger partial charge in [-0.3, -0.25) is 4.79 Å². The molecule has 1 aliphatic rings. The van der Waals surface area contributed by atoms with Gasteiger partial charge in [-0.05, 0) is 43.2 Å². The Hall–Kier alpha value is -3.41. The highest BCUT2D eigenvalue weighted by atomic mass is 16.5. The van der Waals surface area contributed by atoms with Crippen LogP contribution in [0.15, 0.2) is 60.7 Å². The van der Waals surface area contributed by atoms with Crippen molar-refractivity contribution in [3.63, 3.8) is 0 Å². The lowest BCUT2D eigenvalue weighted by molar-refractivity contribution is 0.0944. The summed E-state index contributed by atoms with van der Waals surface area (Å²) < 4.78 is 5.31. The summed E-state index contributed by atoms with van der Waals surface area (Å²) in [5, 5.41) is 11.3. The number of rotatable bonds is 5. The van der Waals surface area contributed by atoms with Gasteiger partial charge in [0.15, 0.2) is 11.5 Å². The third-order valence-corrected chi connectivity index (χ3v) is 4.97. The van der Waals surface area contributed by atoms with Gasteiger partial charge in [0.2, 0.25) is 0 Å². The van der Waals surface area contributed by atoms with Gasteiger partial charge >= 0.3 is 0 Å². The van der Waals surface area contributed by atoms with Gasteiger partial charge in [-0.25, -0.2) is 0 Å². The normalized spacial score (nSPS) is 15.2. The van der Waals surface area contributed by atoms with E-state index in [1.165, 1.54) is 5.56 Å². The molecule has 0 radical (unpaired) electrons. The molecular weight excluding hydrogens is 352 g/mol. The van der Waals surface area contributed by atoms with Crippen LogP contribution in [0.1, 0.15) is 28.5 Å². The molecule has 1 atom stereocenters. The number of nitrogens with zero attached hydrogens (tertiary/aromatic N) is 3. The molecule has 0 saturated heterocycles. The zero-order chi connectivity index (χ0) is 19.5. The zero-order valence-electron chi connectivity index (χ0n) is 15.9. The minimum absolute atomic E-state index is 0.264. The van der Waals surface area contributed by atoms with Crippen molar-refractivity contribution in [3.05, 3.63) is 77.5 Å². The quantitative estimate of drug-likeness (QED) is 0.740. The summed E-state index contributed by atoms with van der Waals surface area (Å²) in [5.41, 5.74) is 3.65. The van der Waals surface area contributed by atoms with Crippen LogP contribution in [-0.4, -0.2) is 29.3 Å². The molecule has 6 heteroatoms. The van der Waals surface area contributed by atoms with E-state index in [-0.39, 0.29) is 5.91 Å². The average Bonchev–Trinajstić information content (AvgIpc) is 3.08. The fourth-order valence-corrected chi connectivity index (χ4v) is 3.60. The molecule has 1 aromatic heterocycles. The van der Waals surface area contributed by atoms with Crippen LogP contribution >= 0.6 is 0 Å². The number of hydrogen-bond donors (Lipinski definition) is 1. The number of fused-ring (bicyclic) bond motifs is 1. The van der Waals surface area contributed by atoms with Crippen LogP contribution in [-0.2, 0) is 13.0 Å². The molecule has 0 spiro atoms. The van der Waals surface area contributed by atoms with Gasteiger partial charge in [0.05, 0.1) is 7.11 Å². The number of amides is 1. The second-order valence-electron chi connectivity index (χ2n) is 6.82. The lowest BCUT2D eigenvalue weighted by Gasteiger charge is -2.23. The van der Waals surface area contributed by atoms with E-state index >= 15 is 0 Å². The standard InChI is InChI=1S/C22H22N4O2/c1-15-13-16-7-3-5-9-19(16)26(15)21-12-11-18(24-25-21)22(27)23-14-17-8-4-6-10-20(17)28-2/h3-12,15H,13-14H2,1-2H3,(H,23,27). The van der Waals surface area contributed by atoms with Crippen LogP contribution in [0, 0.1) is 0 Å². The van der Waals surface area contributed by atoms with E-state index in [1.54, 1.807) is 13.2 Å². The molecule has 0 bridgehead atoms. The second kappa shape index (κ2) is 7.68. The lowest BCUT2D eigenvalue weighted by Crippen LogP contribution is -2.27. The highest BCUT2D eigenvalue weighted by molar-refractivity contribution is 5.92. The summed E-state index contributed by atoms with van der Waals surface area (Å²) in [5.74, 6) is 1.23. The van der Waals surface area contributed by atoms with Gasteiger partial charge in [-0.2, -0.15) is 0 Å². The van der Waals surface area contributed by atoms with E-state index in [4.69, 9.17) is 4.74 Å². The Kier molecular flexibility index (Phi) is 4.93. The first-order chi connectivity index (χ1) is 13.7. The van der Waals surface area contributed by atoms with Gasteiger partial charge in [0.25, 0.3) is 5.91 Å². The summed E-state index contributed by atoms with van der Waals surface area (Å²) in [6.45, 7) is 2.53. The molecule has 142 valence electrons. The third-order valence-electron chi connectivity index (χ3n) is 4.97. The molecule has 2 heterocycles. The summed E-state index contributed by atoms with van der Waals surface area (Å²) >= 11 is 0. The molecule has 1 aliphatic heterocycles. The molecule has 3 aromatic rings. The van der Waals surface area contributed by atoms with Gasteiger partial charge in [-0.15, -0.1) is 10.2 Å². The first kappa shape index (κ1) is 18.0. The first-order valence-electron chi connectivity index (χ1n) is 9.28. The van der Waals surface area contributed by atoms with E-state index in [0.717, 1.165) is 29.2 Å². The minimum Gasteiger partial charge on any atom is -0.496 e. The van der Waals surface area contributed by atoms with Crippen molar-refractivity contribution in [3.8, 4) is 5.75 Å². The largest absolute Gasteiger partial charge is 0.496 e. The number of nitrogens with one attached hydrogen (secondary N) is 1. The van der Waals surface area contributed by atoms with Crippen molar-refractivity contribution in [2.24, 2.45) is 0 Å². The minimum atomic E-state index is -0.264. The number of anilines is 2. The van der Waals surface area contributed by atoms with Gasteiger partial charge in [0.1, 0.15) is 5.75 Å². The van der Waals surface area contributed by atoms with Crippen LogP contribution in [0.5, 0.6) is 5.75 Å². The Labute approximate surface area is 164 Å². The summed E-state index contributed by atoms with van der Waals surface area (Å²) in [4.78, 5) is 14.6. The smallest absolute Gasteiger partial charge is 0.272 e. The van der Waals surface area contributed by atoms with Crippen LogP contribution in [0.2, 0.25) is 0 Å². The highest BCUT2D eigenvalue weighted by Crippen LogP contribution is 2.36. The number of hydrogen-bond acceptors (Lipinski definition) is 5. The Morgan fingerprint density at radius 3 is 2.68 bits per heavy atom. The van der Waals surface area contributed by atoms with E-state index in [9.17, 15) is 4.79 Å². The molecule has 0 fully saturated rings. The number of carbonyl (C=O) groups excluding carboxylic acids is 1. The zero-order valence-corrected chi connectivity index (χ0v) is 15.9. The Morgan fingerprint density at radius 1 is 1.11 bits per heavy atom. The predicted molar refractivity (Wildman–Crippen MR) is 108 cm³/mol. The summed E-state index contributed by atoms with van der Waals surface area (Å²) in [6, 6.07) is 19.8. The molecule has 4 rings (SSSR count). The van der Waals surface area contributed by atoms with Gasteiger partial charge in [0, 0.05) is 23.8 Å². The number of aromatic nitrogens is 2. The van der Waals surface area contributed by atoms with Crippen molar-refractivity contribution in [2.75, 3.05) is 12.0 Å². The van der Waals surface area contributed by atoms with E-state index in [1.807, 2.05) is 36.4 Å². The van der Waals surface area contributed by atoms with Crippen molar-refractivity contribution in [1.29, 1.82) is 0 Å². The Bertz CT molecular complexity index is 988. The third kappa shape index (κ3) is 3.41. The van der Waals surface area contributed by atoms with Gasteiger partial charge in [-0.1, -0.05) is 36.4 Å². The van der Waals surface area contributed by atoms with Crippen LogP contribution in [0.3, 0.4) is 0 Å². The summed E-state index contributed by atoms with van der Waals surface area (Å²) in [6.07, 6.45) is 0.971. The van der Waals surface area contributed by atoms with E-state index in [0.29, 0.717) is 18.3 Å². The Balaban J connectivity index is 1.47. The average molecular weight is 374 g/mol.